The van der Waals surface area contributed by atoms with Gasteiger partial charge in [0.15, 0.2) is 10.6 Å². The average Bonchev–Trinajstić information content (AvgIpc) is 3.12. The molecule has 0 aliphatic heterocycles. The summed E-state index contributed by atoms with van der Waals surface area (Å²) >= 11 is 6.81. The lowest BCUT2D eigenvalue weighted by molar-refractivity contribution is -0.135. The molecular formula is C16H23N5O2S2. The first kappa shape index (κ1) is 19.3. The Labute approximate surface area is 156 Å². The number of amides is 2. The van der Waals surface area contributed by atoms with Crippen LogP contribution in [0, 0.1) is 4.77 Å². The van der Waals surface area contributed by atoms with Crippen LogP contribution in [0.15, 0.2) is 17.5 Å². The molecule has 0 saturated carbocycles. The Morgan fingerprint density at radius 2 is 2.16 bits per heavy atom. The number of nitrogens with zero attached hydrogens (tertiary/aromatic N) is 3. The van der Waals surface area contributed by atoms with Gasteiger partial charge in [-0.25, -0.2) is 0 Å². The van der Waals surface area contributed by atoms with Crippen molar-refractivity contribution in [2.75, 3.05) is 13.6 Å². The van der Waals surface area contributed by atoms with E-state index in [0.717, 1.165) is 10.7 Å². The molecule has 2 amide bonds. The van der Waals surface area contributed by atoms with Crippen LogP contribution in [0.3, 0.4) is 0 Å². The summed E-state index contributed by atoms with van der Waals surface area (Å²) in [6.07, 6.45) is 0.242. The topological polar surface area (TPSA) is 83.0 Å². The molecule has 136 valence electrons. The van der Waals surface area contributed by atoms with Crippen LogP contribution in [0.25, 0.3) is 10.7 Å². The zero-order chi connectivity index (χ0) is 18.6. The molecular weight excluding hydrogens is 358 g/mol. The maximum Gasteiger partial charge on any atom is 0.240 e. The predicted octanol–water partition coefficient (Wildman–Crippen LogP) is 2.43. The first-order valence-electron chi connectivity index (χ1n) is 7.91. The fourth-order valence-electron chi connectivity index (χ4n) is 2.28. The highest BCUT2D eigenvalue weighted by Crippen LogP contribution is 2.22. The van der Waals surface area contributed by atoms with E-state index in [1.165, 1.54) is 4.90 Å². The highest BCUT2D eigenvalue weighted by atomic mass is 32.1. The van der Waals surface area contributed by atoms with E-state index in [1.807, 2.05) is 42.9 Å². The number of likely N-dealkylation sites (N-methyl/N-ethyl adjacent to an activating group) is 1. The molecule has 2 aromatic rings. The number of carbonyl (C=O) groups is 2. The molecule has 2 rings (SSSR count). The molecule has 25 heavy (non-hydrogen) atoms. The second-order valence-electron chi connectivity index (χ2n) is 6.78. The van der Waals surface area contributed by atoms with Gasteiger partial charge in [0.05, 0.1) is 11.4 Å². The van der Waals surface area contributed by atoms with Crippen molar-refractivity contribution in [1.29, 1.82) is 0 Å². The van der Waals surface area contributed by atoms with Gasteiger partial charge in [-0.2, -0.15) is 5.10 Å². The van der Waals surface area contributed by atoms with Crippen molar-refractivity contribution in [3.63, 3.8) is 0 Å². The predicted molar refractivity (Wildman–Crippen MR) is 101 cm³/mol. The van der Waals surface area contributed by atoms with Crippen LogP contribution in [0.1, 0.15) is 27.2 Å². The van der Waals surface area contributed by atoms with Crippen LogP contribution in [-0.4, -0.2) is 50.6 Å². The summed E-state index contributed by atoms with van der Waals surface area (Å²) < 4.78 is 2.28. The number of carbonyl (C=O) groups excluding carboxylic acids is 2. The number of thiophene rings is 1. The molecule has 0 aliphatic carbocycles. The summed E-state index contributed by atoms with van der Waals surface area (Å²) in [5.74, 6) is 0.424. The van der Waals surface area contributed by atoms with E-state index in [9.17, 15) is 9.59 Å². The molecule has 0 unspecified atom stereocenters. The lowest BCUT2D eigenvalue weighted by atomic mass is 10.1. The Bertz CT molecular complexity index is 786. The molecule has 2 heterocycles. The van der Waals surface area contributed by atoms with E-state index < -0.39 is 0 Å². The third-order valence-electron chi connectivity index (χ3n) is 3.37. The Balaban J connectivity index is 1.95. The minimum absolute atomic E-state index is 0.0324. The number of aromatic amines is 1. The standard InChI is InChI=1S/C16H23N5O2S2/c1-16(2,3)17-12(22)10-20(4)13(23)7-8-21-14(18-19-15(21)24)11-6-5-9-25-11/h5-6,9H,7-8,10H2,1-4H3,(H,17,22)(H,19,24). The van der Waals surface area contributed by atoms with Crippen LogP contribution >= 0.6 is 23.6 Å². The first-order chi connectivity index (χ1) is 11.7. The Hall–Kier alpha value is -2.00. The summed E-state index contributed by atoms with van der Waals surface area (Å²) in [6, 6.07) is 3.89. The van der Waals surface area contributed by atoms with Crippen molar-refractivity contribution in [1.82, 2.24) is 25.0 Å². The Morgan fingerprint density at radius 1 is 1.44 bits per heavy atom. The molecule has 0 aromatic carbocycles. The van der Waals surface area contributed by atoms with Crippen molar-refractivity contribution in [3.8, 4) is 10.7 Å². The van der Waals surface area contributed by atoms with E-state index >= 15 is 0 Å². The SMILES string of the molecule is CN(CC(=O)NC(C)(C)C)C(=O)CCn1c(-c2cccs2)n[nH]c1=S. The molecule has 0 radical (unpaired) electrons. The van der Waals surface area contributed by atoms with Gasteiger partial charge in [-0.15, -0.1) is 11.3 Å². The molecule has 0 spiro atoms. The van der Waals surface area contributed by atoms with E-state index in [1.54, 1.807) is 18.4 Å². The van der Waals surface area contributed by atoms with Gasteiger partial charge in [-0.1, -0.05) is 6.07 Å². The summed E-state index contributed by atoms with van der Waals surface area (Å²) in [7, 11) is 1.62. The fourth-order valence-corrected chi connectivity index (χ4v) is 3.22. The lowest BCUT2D eigenvalue weighted by Gasteiger charge is -2.23. The minimum atomic E-state index is -0.319. The number of rotatable bonds is 6. The van der Waals surface area contributed by atoms with E-state index in [4.69, 9.17) is 12.2 Å². The van der Waals surface area contributed by atoms with Crippen LogP contribution in [0.5, 0.6) is 0 Å². The van der Waals surface area contributed by atoms with E-state index in [2.05, 4.69) is 15.5 Å². The smallest absolute Gasteiger partial charge is 0.240 e. The van der Waals surface area contributed by atoms with Gasteiger partial charge >= 0.3 is 0 Å². The maximum absolute atomic E-state index is 12.3. The van der Waals surface area contributed by atoms with Gasteiger partial charge in [0.25, 0.3) is 0 Å². The largest absolute Gasteiger partial charge is 0.350 e. The van der Waals surface area contributed by atoms with Gasteiger partial charge < -0.3 is 10.2 Å². The molecule has 0 bridgehead atoms. The van der Waals surface area contributed by atoms with Crippen molar-refractivity contribution in [2.45, 2.75) is 39.3 Å². The van der Waals surface area contributed by atoms with Crippen molar-refractivity contribution >= 4 is 35.4 Å². The maximum atomic E-state index is 12.3. The molecule has 0 saturated heterocycles. The quantitative estimate of drug-likeness (QED) is 0.753. The Morgan fingerprint density at radius 3 is 2.76 bits per heavy atom. The number of H-pyrrole nitrogens is 1. The molecule has 2 N–H and O–H groups in total. The zero-order valence-corrected chi connectivity index (χ0v) is 16.5. The minimum Gasteiger partial charge on any atom is -0.350 e. The number of nitrogens with one attached hydrogen (secondary N) is 2. The third kappa shape index (κ3) is 5.50. The lowest BCUT2D eigenvalue weighted by Crippen LogP contribution is -2.46. The van der Waals surface area contributed by atoms with Gasteiger partial charge in [-0.3, -0.25) is 19.3 Å². The molecule has 9 heteroatoms. The number of hydrogen-bond acceptors (Lipinski definition) is 5. The van der Waals surface area contributed by atoms with E-state index in [0.29, 0.717) is 11.3 Å². The monoisotopic (exact) mass is 381 g/mol. The van der Waals surface area contributed by atoms with Crippen LogP contribution < -0.4 is 5.32 Å². The van der Waals surface area contributed by atoms with Crippen LogP contribution in [0.4, 0.5) is 0 Å². The van der Waals surface area contributed by atoms with Crippen LogP contribution in [0.2, 0.25) is 0 Å². The average molecular weight is 382 g/mol. The third-order valence-corrected chi connectivity index (χ3v) is 4.55. The normalized spacial score (nSPS) is 11.4. The van der Waals surface area contributed by atoms with E-state index in [-0.39, 0.29) is 30.3 Å². The van der Waals surface area contributed by atoms with Gasteiger partial charge in [0, 0.05) is 25.6 Å². The highest BCUT2D eigenvalue weighted by molar-refractivity contribution is 7.71. The summed E-state index contributed by atoms with van der Waals surface area (Å²) in [6.45, 7) is 6.15. The van der Waals surface area contributed by atoms with Gasteiger partial charge in [0.1, 0.15) is 0 Å². The highest BCUT2D eigenvalue weighted by Gasteiger charge is 2.18. The van der Waals surface area contributed by atoms with Crippen LogP contribution in [-0.2, 0) is 16.1 Å². The second-order valence-corrected chi connectivity index (χ2v) is 8.11. The van der Waals surface area contributed by atoms with Gasteiger partial charge in [0.2, 0.25) is 11.8 Å². The molecule has 7 nitrogen and oxygen atoms in total. The fraction of sp³-hybridized carbons (Fsp3) is 0.500. The number of aromatic nitrogens is 3. The molecule has 0 aliphatic rings. The second kappa shape index (κ2) is 7.92. The molecule has 2 aromatic heterocycles. The van der Waals surface area contributed by atoms with Gasteiger partial charge in [-0.05, 0) is 44.4 Å². The Kier molecular flexibility index (Phi) is 6.12. The summed E-state index contributed by atoms with van der Waals surface area (Å²) in [5, 5.41) is 11.8. The van der Waals surface area contributed by atoms with Crippen molar-refractivity contribution < 1.29 is 9.59 Å². The molecule has 0 atom stereocenters. The summed E-state index contributed by atoms with van der Waals surface area (Å²) in [5.41, 5.74) is -0.319. The first-order valence-corrected chi connectivity index (χ1v) is 9.20. The van der Waals surface area contributed by atoms with Crippen molar-refractivity contribution in [3.05, 3.63) is 22.3 Å². The molecule has 0 fully saturated rings. The number of hydrogen-bond donors (Lipinski definition) is 2. The summed E-state index contributed by atoms with van der Waals surface area (Å²) in [4.78, 5) is 26.7. The van der Waals surface area contributed by atoms with Crippen molar-refractivity contribution in [2.24, 2.45) is 0 Å². The zero-order valence-electron chi connectivity index (χ0n) is 14.8.